The normalized spacial score (nSPS) is 30.9. The van der Waals surface area contributed by atoms with Crippen molar-refractivity contribution in [2.75, 3.05) is 13.2 Å². The van der Waals surface area contributed by atoms with Crippen LogP contribution in [0.4, 0.5) is 0 Å². The Kier molecular flexibility index (Phi) is 5.43. The van der Waals surface area contributed by atoms with Gasteiger partial charge in [-0.05, 0) is 24.6 Å². The summed E-state index contributed by atoms with van der Waals surface area (Å²) in [6.07, 6.45) is 0.970. The molecule has 1 aromatic carbocycles. The Bertz CT molecular complexity index is 923. The third kappa shape index (κ3) is 3.60. The van der Waals surface area contributed by atoms with Gasteiger partial charge in [-0.25, -0.2) is 0 Å². The van der Waals surface area contributed by atoms with Gasteiger partial charge >= 0.3 is 6.48 Å². The third-order valence-corrected chi connectivity index (χ3v) is 6.22. The average molecular weight is 434 g/mol. The van der Waals surface area contributed by atoms with E-state index in [1.165, 1.54) is 0 Å². The summed E-state index contributed by atoms with van der Waals surface area (Å²) < 4.78 is 29.0. The van der Waals surface area contributed by atoms with Crippen LogP contribution in [-0.4, -0.2) is 48.1 Å². The lowest BCUT2D eigenvalue weighted by Gasteiger charge is -2.22. The molecule has 6 atom stereocenters. The summed E-state index contributed by atoms with van der Waals surface area (Å²) in [4.78, 5) is 4.44. The second-order valence-corrected chi connectivity index (χ2v) is 8.46. The van der Waals surface area contributed by atoms with E-state index in [0.29, 0.717) is 42.2 Å². The van der Waals surface area contributed by atoms with Crippen molar-refractivity contribution in [3.05, 3.63) is 57.9 Å². The summed E-state index contributed by atoms with van der Waals surface area (Å²) in [6, 6.07) is 7.52. The maximum absolute atomic E-state index is 10.5. The number of aliphatic hydroxyl groups excluding tert-OH is 1. The number of nitrogens with zero attached hydrogens (tertiary/aromatic N) is 1. The second kappa shape index (κ2) is 8.07. The number of hydrogen-bond donors (Lipinski definition) is 1. The Morgan fingerprint density at radius 2 is 1.90 bits per heavy atom. The summed E-state index contributed by atoms with van der Waals surface area (Å²) in [5.74, 6) is 0.792. The number of rotatable bonds is 5. The van der Waals surface area contributed by atoms with Crippen molar-refractivity contribution in [2.24, 2.45) is 5.92 Å². The maximum Gasteiger partial charge on any atom is 0.313 e. The number of hydrogen-bond acceptors (Lipinski definition) is 7. The van der Waals surface area contributed by atoms with Gasteiger partial charge in [0, 0.05) is 28.3 Å². The van der Waals surface area contributed by atoms with Crippen molar-refractivity contribution in [1.82, 2.24) is 4.98 Å². The van der Waals surface area contributed by atoms with Crippen molar-refractivity contribution in [1.29, 1.82) is 0 Å². The molecule has 1 N–H and O–H groups in total. The minimum absolute atomic E-state index is 0.000101. The largest absolute Gasteiger partial charge is 0.439 e. The predicted octanol–water partition coefficient (Wildman–Crippen LogP) is 3.14. The SMILES string of the molecule is Cc1ncc2c(c1OC(O)OC1COC3C(C)COC13)COC2c1ccc(Cl)cc1. The predicted molar refractivity (Wildman–Crippen MR) is 107 cm³/mol. The number of aliphatic hydroxyl groups is 1. The van der Waals surface area contributed by atoms with Gasteiger partial charge in [0.05, 0.1) is 31.6 Å². The summed E-state index contributed by atoms with van der Waals surface area (Å²) in [5.41, 5.74) is 3.40. The standard InChI is InChI=1S/C22H24ClNO6/c1-11-8-26-21-17(10-28-18(11)21)29-22(25)30-19-12(2)24-7-15-16(19)9-27-20(15)13-3-5-14(23)6-4-13/h3-7,11,17-18,20-22,25H,8-10H2,1-2H3. The van der Waals surface area contributed by atoms with E-state index in [-0.39, 0.29) is 24.4 Å². The minimum Gasteiger partial charge on any atom is -0.439 e. The molecular formula is C22H24ClNO6. The van der Waals surface area contributed by atoms with Gasteiger partial charge in [-0.3, -0.25) is 4.98 Å². The molecule has 0 aliphatic carbocycles. The number of fused-ring (bicyclic) bond motifs is 2. The molecule has 0 radical (unpaired) electrons. The van der Waals surface area contributed by atoms with E-state index >= 15 is 0 Å². The van der Waals surface area contributed by atoms with E-state index in [1.807, 2.05) is 31.2 Å². The topological polar surface area (TPSA) is 79.3 Å². The van der Waals surface area contributed by atoms with E-state index in [9.17, 15) is 5.11 Å². The summed E-state index contributed by atoms with van der Waals surface area (Å²) >= 11 is 6.00. The highest BCUT2D eigenvalue weighted by atomic mass is 35.5. The van der Waals surface area contributed by atoms with Crippen LogP contribution in [0, 0.1) is 12.8 Å². The van der Waals surface area contributed by atoms with E-state index < -0.39 is 6.48 Å². The van der Waals surface area contributed by atoms with E-state index in [0.717, 1.165) is 16.7 Å². The van der Waals surface area contributed by atoms with Crippen LogP contribution in [0.1, 0.15) is 35.4 Å². The molecule has 1 aromatic heterocycles. The molecule has 30 heavy (non-hydrogen) atoms. The molecule has 2 fully saturated rings. The lowest BCUT2D eigenvalue weighted by Crippen LogP contribution is -2.36. The van der Waals surface area contributed by atoms with Crippen molar-refractivity contribution in [3.8, 4) is 5.75 Å². The Morgan fingerprint density at radius 1 is 1.13 bits per heavy atom. The number of benzene rings is 1. The second-order valence-electron chi connectivity index (χ2n) is 8.02. The zero-order valence-electron chi connectivity index (χ0n) is 16.8. The highest BCUT2D eigenvalue weighted by molar-refractivity contribution is 6.30. The molecule has 7 nitrogen and oxygen atoms in total. The van der Waals surface area contributed by atoms with E-state index in [1.54, 1.807) is 6.20 Å². The quantitative estimate of drug-likeness (QED) is 0.725. The first kappa shape index (κ1) is 20.2. The molecule has 3 aliphatic rings. The van der Waals surface area contributed by atoms with Crippen LogP contribution in [-0.2, 0) is 25.6 Å². The Morgan fingerprint density at radius 3 is 2.70 bits per heavy atom. The lowest BCUT2D eigenvalue weighted by atomic mass is 10.0. The van der Waals surface area contributed by atoms with Gasteiger partial charge in [-0.2, -0.15) is 0 Å². The van der Waals surface area contributed by atoms with Crippen molar-refractivity contribution in [2.45, 2.75) is 51.3 Å². The fraction of sp³-hybridized carbons (Fsp3) is 0.500. The van der Waals surface area contributed by atoms with Crippen LogP contribution in [0.2, 0.25) is 5.02 Å². The van der Waals surface area contributed by atoms with Gasteiger partial charge in [-0.15, -0.1) is 0 Å². The van der Waals surface area contributed by atoms with Crippen LogP contribution >= 0.6 is 11.6 Å². The molecular weight excluding hydrogens is 410 g/mol. The molecule has 0 spiro atoms. The van der Waals surface area contributed by atoms with Crippen LogP contribution in [0.5, 0.6) is 5.75 Å². The van der Waals surface area contributed by atoms with Gasteiger partial charge in [0.25, 0.3) is 0 Å². The Labute approximate surface area is 179 Å². The molecule has 8 heteroatoms. The highest BCUT2D eigenvalue weighted by Crippen LogP contribution is 2.41. The van der Waals surface area contributed by atoms with Gasteiger partial charge in [0.2, 0.25) is 0 Å². The summed E-state index contributed by atoms with van der Waals surface area (Å²) in [7, 11) is 0. The Balaban J connectivity index is 1.32. The first-order valence-corrected chi connectivity index (χ1v) is 10.5. The Hall–Kier alpha value is -1.74. The van der Waals surface area contributed by atoms with Gasteiger partial charge in [-0.1, -0.05) is 30.7 Å². The molecule has 4 heterocycles. The van der Waals surface area contributed by atoms with Gasteiger partial charge in [0.1, 0.15) is 18.3 Å². The molecule has 0 saturated carbocycles. The smallest absolute Gasteiger partial charge is 0.313 e. The lowest BCUT2D eigenvalue weighted by molar-refractivity contribution is -0.250. The molecule has 2 aromatic rings. The van der Waals surface area contributed by atoms with Gasteiger partial charge < -0.3 is 28.8 Å². The van der Waals surface area contributed by atoms with E-state index in [2.05, 4.69) is 11.9 Å². The molecule has 2 saturated heterocycles. The van der Waals surface area contributed by atoms with E-state index in [4.69, 9.17) is 35.3 Å². The minimum atomic E-state index is -1.46. The zero-order chi connectivity index (χ0) is 20.8. The van der Waals surface area contributed by atoms with Crippen LogP contribution in [0.25, 0.3) is 0 Å². The van der Waals surface area contributed by atoms with Crippen molar-refractivity contribution < 1.29 is 28.8 Å². The molecule has 0 amide bonds. The molecule has 5 rings (SSSR count). The molecule has 160 valence electrons. The highest BCUT2D eigenvalue weighted by Gasteiger charge is 2.47. The van der Waals surface area contributed by atoms with Crippen molar-refractivity contribution >= 4 is 11.6 Å². The number of pyridine rings is 1. The van der Waals surface area contributed by atoms with Gasteiger partial charge in [0.15, 0.2) is 5.75 Å². The number of aromatic nitrogens is 1. The van der Waals surface area contributed by atoms with Crippen molar-refractivity contribution in [3.63, 3.8) is 0 Å². The first-order chi connectivity index (χ1) is 14.5. The number of halogens is 1. The monoisotopic (exact) mass is 433 g/mol. The third-order valence-electron chi connectivity index (χ3n) is 5.96. The number of aryl methyl sites for hydroxylation is 1. The molecule has 0 bridgehead atoms. The summed E-state index contributed by atoms with van der Waals surface area (Å²) in [6.45, 7) is 3.80. The zero-order valence-corrected chi connectivity index (χ0v) is 17.5. The summed E-state index contributed by atoms with van der Waals surface area (Å²) in [5, 5.41) is 11.1. The molecule has 6 unspecified atom stereocenters. The average Bonchev–Trinajstić information content (AvgIpc) is 3.42. The fourth-order valence-electron chi connectivity index (χ4n) is 4.40. The fourth-order valence-corrected chi connectivity index (χ4v) is 4.53. The van der Waals surface area contributed by atoms with Crippen LogP contribution in [0.3, 0.4) is 0 Å². The van der Waals surface area contributed by atoms with Crippen LogP contribution in [0.15, 0.2) is 30.5 Å². The first-order valence-electron chi connectivity index (χ1n) is 10.1. The molecule has 3 aliphatic heterocycles. The maximum atomic E-state index is 10.5. The van der Waals surface area contributed by atoms with Crippen LogP contribution < -0.4 is 4.74 Å². The number of ether oxygens (including phenoxy) is 5.